The Morgan fingerprint density at radius 1 is 1.47 bits per heavy atom. The van der Waals surface area contributed by atoms with Crippen LogP contribution in [0.5, 0.6) is 0 Å². The number of nitrogens with one attached hydrogen (secondary N) is 1. The average molecular weight is 265 g/mol. The van der Waals surface area contributed by atoms with Crippen molar-refractivity contribution in [2.75, 3.05) is 12.4 Å². The van der Waals surface area contributed by atoms with E-state index >= 15 is 0 Å². The highest BCUT2D eigenvalue weighted by molar-refractivity contribution is 5.84. The van der Waals surface area contributed by atoms with Crippen LogP contribution in [0.3, 0.4) is 0 Å². The smallest absolute Gasteiger partial charge is 0.356 e. The molecule has 0 radical (unpaired) electrons. The number of hydrogen-bond acceptors (Lipinski definition) is 8. The molecule has 9 heteroatoms. The molecule has 0 saturated heterocycles. The van der Waals surface area contributed by atoms with Crippen molar-refractivity contribution in [1.29, 1.82) is 0 Å². The summed E-state index contributed by atoms with van der Waals surface area (Å²) in [5, 5.41) is 15.3. The van der Waals surface area contributed by atoms with Crippen LogP contribution in [0.4, 0.5) is 5.82 Å². The van der Waals surface area contributed by atoms with Gasteiger partial charge in [-0.05, 0) is 0 Å². The Morgan fingerprint density at radius 2 is 2.32 bits per heavy atom. The number of aromatic carboxylic acids is 1. The SMILES string of the molecule is COCc1nc(CNc2cnc(C(=O)O)cn2)no1. The number of carbonyl (C=O) groups is 1. The van der Waals surface area contributed by atoms with Crippen molar-refractivity contribution in [3.8, 4) is 0 Å². The second-order valence-corrected chi connectivity index (χ2v) is 3.48. The van der Waals surface area contributed by atoms with Gasteiger partial charge in [0.05, 0.1) is 18.9 Å². The number of nitrogens with zero attached hydrogens (tertiary/aromatic N) is 4. The Labute approximate surface area is 107 Å². The molecule has 0 aliphatic carbocycles. The quantitative estimate of drug-likeness (QED) is 0.759. The molecule has 19 heavy (non-hydrogen) atoms. The third-order valence-electron chi connectivity index (χ3n) is 2.08. The second kappa shape index (κ2) is 5.87. The molecule has 0 unspecified atom stereocenters. The Morgan fingerprint density at radius 3 is 2.95 bits per heavy atom. The van der Waals surface area contributed by atoms with E-state index in [9.17, 15) is 4.79 Å². The van der Waals surface area contributed by atoms with E-state index in [-0.39, 0.29) is 18.8 Å². The number of anilines is 1. The lowest BCUT2D eigenvalue weighted by Gasteiger charge is -2.01. The third-order valence-corrected chi connectivity index (χ3v) is 2.08. The van der Waals surface area contributed by atoms with Crippen molar-refractivity contribution in [3.05, 3.63) is 29.8 Å². The highest BCUT2D eigenvalue weighted by Crippen LogP contribution is 2.04. The van der Waals surface area contributed by atoms with E-state index in [0.29, 0.717) is 17.5 Å². The lowest BCUT2D eigenvalue weighted by atomic mass is 10.4. The van der Waals surface area contributed by atoms with Crippen LogP contribution in [0.1, 0.15) is 22.2 Å². The molecule has 2 heterocycles. The van der Waals surface area contributed by atoms with Crippen LogP contribution in [0.2, 0.25) is 0 Å². The summed E-state index contributed by atoms with van der Waals surface area (Å²) in [6, 6.07) is 0. The fourth-order valence-corrected chi connectivity index (χ4v) is 1.24. The lowest BCUT2D eigenvalue weighted by Crippen LogP contribution is -2.06. The van der Waals surface area contributed by atoms with Crippen LogP contribution in [-0.4, -0.2) is 38.3 Å². The molecule has 0 fully saturated rings. The monoisotopic (exact) mass is 265 g/mol. The zero-order valence-electron chi connectivity index (χ0n) is 10.0. The first-order chi connectivity index (χ1) is 9.19. The molecule has 2 aromatic rings. The topological polar surface area (TPSA) is 123 Å². The van der Waals surface area contributed by atoms with Crippen molar-refractivity contribution >= 4 is 11.8 Å². The molecule has 2 rings (SSSR count). The molecule has 9 nitrogen and oxygen atoms in total. The van der Waals surface area contributed by atoms with Gasteiger partial charge in [0.15, 0.2) is 11.5 Å². The molecule has 2 N–H and O–H groups in total. The van der Waals surface area contributed by atoms with Crippen LogP contribution < -0.4 is 5.32 Å². The molecule has 0 atom stereocenters. The summed E-state index contributed by atoms with van der Waals surface area (Å²) in [5.41, 5.74) is -0.118. The predicted molar refractivity (Wildman–Crippen MR) is 61.3 cm³/mol. The predicted octanol–water partition coefficient (Wildman–Crippen LogP) is 0.316. The molecule has 100 valence electrons. The molecule has 0 aliphatic rings. The van der Waals surface area contributed by atoms with Gasteiger partial charge in [-0.1, -0.05) is 5.16 Å². The average Bonchev–Trinajstić information content (AvgIpc) is 2.85. The van der Waals surface area contributed by atoms with Crippen LogP contribution in [0.25, 0.3) is 0 Å². The van der Waals surface area contributed by atoms with E-state index in [1.165, 1.54) is 13.3 Å². The number of rotatable bonds is 6. The van der Waals surface area contributed by atoms with Gasteiger partial charge in [0, 0.05) is 7.11 Å². The van der Waals surface area contributed by atoms with E-state index in [4.69, 9.17) is 14.4 Å². The van der Waals surface area contributed by atoms with Gasteiger partial charge in [0.25, 0.3) is 5.89 Å². The van der Waals surface area contributed by atoms with Crippen LogP contribution >= 0.6 is 0 Å². The lowest BCUT2D eigenvalue weighted by molar-refractivity contribution is 0.0690. The van der Waals surface area contributed by atoms with E-state index in [0.717, 1.165) is 6.20 Å². The van der Waals surface area contributed by atoms with Crippen LogP contribution in [0, 0.1) is 0 Å². The standard InChI is InChI=1S/C10H11N5O4/c1-18-5-9-14-8(15-19-9)4-13-7-3-11-6(2-12-7)10(16)17/h2-3H,4-5H2,1H3,(H,12,13)(H,16,17). The zero-order chi connectivity index (χ0) is 13.7. The highest BCUT2D eigenvalue weighted by atomic mass is 16.5. The van der Waals surface area contributed by atoms with Crippen molar-refractivity contribution in [3.63, 3.8) is 0 Å². The molecule has 0 saturated carbocycles. The van der Waals surface area contributed by atoms with Gasteiger partial charge in [0.2, 0.25) is 0 Å². The van der Waals surface area contributed by atoms with Crippen LogP contribution in [0.15, 0.2) is 16.9 Å². The minimum atomic E-state index is -1.12. The molecule has 2 aromatic heterocycles. The first-order valence-corrected chi connectivity index (χ1v) is 5.28. The van der Waals surface area contributed by atoms with Gasteiger partial charge in [-0.2, -0.15) is 4.98 Å². The number of aromatic nitrogens is 4. The van der Waals surface area contributed by atoms with Gasteiger partial charge in [-0.3, -0.25) is 0 Å². The molecule has 0 spiro atoms. The highest BCUT2D eigenvalue weighted by Gasteiger charge is 2.07. The van der Waals surface area contributed by atoms with Crippen LogP contribution in [-0.2, 0) is 17.9 Å². The maximum atomic E-state index is 10.6. The van der Waals surface area contributed by atoms with Gasteiger partial charge < -0.3 is 19.7 Å². The molecule has 0 amide bonds. The van der Waals surface area contributed by atoms with E-state index in [1.54, 1.807) is 0 Å². The molecule has 0 aliphatic heterocycles. The number of carboxylic acids is 1. The number of methoxy groups -OCH3 is 1. The van der Waals surface area contributed by atoms with Crippen molar-refractivity contribution < 1.29 is 19.2 Å². The number of hydrogen-bond donors (Lipinski definition) is 2. The summed E-state index contributed by atoms with van der Waals surface area (Å²) in [4.78, 5) is 22.3. The van der Waals surface area contributed by atoms with Gasteiger partial charge in [-0.15, -0.1) is 0 Å². The van der Waals surface area contributed by atoms with Crippen molar-refractivity contribution in [2.24, 2.45) is 0 Å². The molecular formula is C10H11N5O4. The Balaban J connectivity index is 1.92. The summed E-state index contributed by atoms with van der Waals surface area (Å²) in [7, 11) is 1.53. The third kappa shape index (κ3) is 3.45. The second-order valence-electron chi connectivity index (χ2n) is 3.48. The van der Waals surface area contributed by atoms with Crippen molar-refractivity contribution in [1.82, 2.24) is 20.1 Å². The fourth-order valence-electron chi connectivity index (χ4n) is 1.24. The Bertz CT molecular complexity index is 553. The first kappa shape index (κ1) is 12.9. The van der Waals surface area contributed by atoms with E-state index in [2.05, 4.69) is 25.4 Å². The Kier molecular flexibility index (Phi) is 3.98. The minimum absolute atomic E-state index is 0.118. The summed E-state index contributed by atoms with van der Waals surface area (Å²) in [6.45, 7) is 0.536. The fraction of sp³-hybridized carbons (Fsp3) is 0.300. The summed E-state index contributed by atoms with van der Waals surface area (Å²) < 4.78 is 9.75. The molecule has 0 aromatic carbocycles. The summed E-state index contributed by atoms with van der Waals surface area (Å²) in [5.74, 6) is 0.118. The van der Waals surface area contributed by atoms with Crippen molar-refractivity contribution in [2.45, 2.75) is 13.2 Å². The van der Waals surface area contributed by atoms with Gasteiger partial charge in [0.1, 0.15) is 12.4 Å². The minimum Gasteiger partial charge on any atom is -0.476 e. The van der Waals surface area contributed by atoms with Gasteiger partial charge >= 0.3 is 5.97 Å². The molecule has 0 bridgehead atoms. The maximum absolute atomic E-state index is 10.6. The first-order valence-electron chi connectivity index (χ1n) is 5.28. The summed E-state index contributed by atoms with van der Waals surface area (Å²) in [6.07, 6.45) is 2.48. The van der Waals surface area contributed by atoms with E-state index in [1.807, 2.05) is 0 Å². The number of carboxylic acid groups (broad SMARTS) is 1. The van der Waals surface area contributed by atoms with E-state index < -0.39 is 5.97 Å². The molecular weight excluding hydrogens is 254 g/mol. The van der Waals surface area contributed by atoms with Gasteiger partial charge in [-0.25, -0.2) is 14.8 Å². The normalized spacial score (nSPS) is 10.4. The largest absolute Gasteiger partial charge is 0.476 e. The zero-order valence-corrected chi connectivity index (χ0v) is 10.0. The maximum Gasteiger partial charge on any atom is 0.356 e. The summed E-state index contributed by atoms with van der Waals surface area (Å²) >= 11 is 0. The number of ether oxygens (including phenoxy) is 1. The Hall–Kier alpha value is -2.55.